The molecular formula is C13H13N3O3. The molecule has 0 bridgehead atoms. The summed E-state index contributed by atoms with van der Waals surface area (Å²) in [6, 6.07) is 7.92. The van der Waals surface area contributed by atoms with E-state index in [0.29, 0.717) is 18.8 Å². The van der Waals surface area contributed by atoms with Crippen LogP contribution >= 0.6 is 0 Å². The number of hydrogen-bond acceptors (Lipinski definition) is 4. The lowest BCUT2D eigenvalue weighted by Crippen LogP contribution is -2.11. The van der Waals surface area contributed by atoms with Crippen molar-refractivity contribution in [3.05, 3.63) is 41.7 Å². The Hall–Kier alpha value is -2.37. The molecule has 1 aliphatic rings. The van der Waals surface area contributed by atoms with Crippen LogP contribution in [0.25, 0.3) is 0 Å². The van der Waals surface area contributed by atoms with Gasteiger partial charge in [-0.1, -0.05) is 23.4 Å². The Bertz CT molecular complexity index is 609. The molecule has 0 spiro atoms. The van der Waals surface area contributed by atoms with Crippen molar-refractivity contribution in [3.63, 3.8) is 0 Å². The Kier molecular flexibility index (Phi) is 2.91. The van der Waals surface area contributed by atoms with Crippen molar-refractivity contribution in [1.82, 2.24) is 15.0 Å². The van der Waals surface area contributed by atoms with Gasteiger partial charge in [-0.2, -0.15) is 0 Å². The van der Waals surface area contributed by atoms with Crippen molar-refractivity contribution in [2.45, 2.75) is 18.9 Å². The van der Waals surface area contributed by atoms with E-state index in [1.54, 1.807) is 10.9 Å². The highest BCUT2D eigenvalue weighted by Gasteiger charge is 2.24. The van der Waals surface area contributed by atoms with E-state index in [-0.39, 0.29) is 12.3 Å². The Morgan fingerprint density at radius 2 is 2.32 bits per heavy atom. The molecule has 3 rings (SSSR count). The average molecular weight is 259 g/mol. The minimum Gasteiger partial charge on any atom is -0.493 e. The molecule has 1 N–H and O–H groups in total. The minimum absolute atomic E-state index is 0.0995. The van der Waals surface area contributed by atoms with Crippen LogP contribution in [0.2, 0.25) is 0 Å². The highest BCUT2D eigenvalue weighted by atomic mass is 16.5. The molecule has 0 amide bonds. The minimum atomic E-state index is -0.901. The van der Waals surface area contributed by atoms with Crippen LogP contribution in [0, 0.1) is 0 Å². The number of aliphatic carboxylic acids is 1. The van der Waals surface area contributed by atoms with E-state index >= 15 is 0 Å². The Labute approximate surface area is 109 Å². The zero-order valence-electron chi connectivity index (χ0n) is 10.2. The quantitative estimate of drug-likeness (QED) is 0.889. The van der Waals surface area contributed by atoms with Gasteiger partial charge in [-0.05, 0) is 6.07 Å². The van der Waals surface area contributed by atoms with Crippen LogP contribution in [0.1, 0.15) is 17.2 Å². The van der Waals surface area contributed by atoms with Gasteiger partial charge in [0.1, 0.15) is 5.75 Å². The van der Waals surface area contributed by atoms with Crippen molar-refractivity contribution in [1.29, 1.82) is 0 Å². The lowest BCUT2D eigenvalue weighted by atomic mass is 10.0. The van der Waals surface area contributed by atoms with Crippen LogP contribution < -0.4 is 4.74 Å². The molecule has 2 heterocycles. The van der Waals surface area contributed by atoms with E-state index in [0.717, 1.165) is 11.3 Å². The topological polar surface area (TPSA) is 77.2 Å². The van der Waals surface area contributed by atoms with Crippen molar-refractivity contribution in [3.8, 4) is 5.75 Å². The lowest BCUT2D eigenvalue weighted by molar-refractivity contribution is -0.136. The zero-order valence-corrected chi connectivity index (χ0v) is 10.2. The van der Waals surface area contributed by atoms with E-state index in [9.17, 15) is 4.79 Å². The Balaban J connectivity index is 1.73. The van der Waals surface area contributed by atoms with Crippen molar-refractivity contribution < 1.29 is 14.6 Å². The highest BCUT2D eigenvalue weighted by Crippen LogP contribution is 2.34. The van der Waals surface area contributed by atoms with Crippen LogP contribution in [-0.4, -0.2) is 32.7 Å². The third-order valence-electron chi connectivity index (χ3n) is 3.12. The first-order valence-electron chi connectivity index (χ1n) is 6.05. The fourth-order valence-corrected chi connectivity index (χ4v) is 2.27. The second-order valence-electron chi connectivity index (χ2n) is 4.55. The number of para-hydroxylation sites is 1. The number of aromatic nitrogens is 3. The normalized spacial score (nSPS) is 16.9. The SMILES string of the molecule is O=C(O)Cc1cn(CC2COc3ccccc32)nn1. The molecule has 0 radical (unpaired) electrons. The van der Waals surface area contributed by atoms with E-state index < -0.39 is 5.97 Å². The molecule has 1 aliphatic heterocycles. The number of carboxylic acids is 1. The van der Waals surface area contributed by atoms with Gasteiger partial charge in [-0.15, -0.1) is 5.10 Å². The molecule has 1 aromatic carbocycles. The van der Waals surface area contributed by atoms with Crippen LogP contribution in [0.5, 0.6) is 5.75 Å². The summed E-state index contributed by atoms with van der Waals surface area (Å²) in [5.41, 5.74) is 1.64. The standard InChI is InChI=1S/C13H13N3O3/c17-13(18)5-10-7-16(15-14-10)6-9-8-19-12-4-2-1-3-11(9)12/h1-4,7,9H,5-6,8H2,(H,17,18). The third-order valence-corrected chi connectivity index (χ3v) is 3.12. The third kappa shape index (κ3) is 2.42. The van der Waals surface area contributed by atoms with Gasteiger partial charge in [0.15, 0.2) is 0 Å². The fourth-order valence-electron chi connectivity index (χ4n) is 2.27. The molecule has 2 aromatic rings. The van der Waals surface area contributed by atoms with Crippen LogP contribution in [0.3, 0.4) is 0 Å². The molecule has 19 heavy (non-hydrogen) atoms. The number of nitrogens with zero attached hydrogens (tertiary/aromatic N) is 3. The fraction of sp³-hybridized carbons (Fsp3) is 0.308. The number of fused-ring (bicyclic) bond motifs is 1. The highest BCUT2D eigenvalue weighted by molar-refractivity contribution is 5.69. The van der Waals surface area contributed by atoms with Gasteiger partial charge in [0.2, 0.25) is 0 Å². The van der Waals surface area contributed by atoms with Gasteiger partial charge in [-0.3, -0.25) is 9.48 Å². The molecule has 1 atom stereocenters. The first-order chi connectivity index (χ1) is 9.22. The second-order valence-corrected chi connectivity index (χ2v) is 4.55. The summed E-state index contributed by atoms with van der Waals surface area (Å²) in [5, 5.41) is 16.5. The molecule has 0 saturated heterocycles. The van der Waals surface area contributed by atoms with Crippen LogP contribution in [-0.2, 0) is 17.8 Å². The van der Waals surface area contributed by atoms with Crippen LogP contribution in [0.4, 0.5) is 0 Å². The van der Waals surface area contributed by atoms with Gasteiger partial charge < -0.3 is 9.84 Å². The smallest absolute Gasteiger partial charge is 0.309 e. The van der Waals surface area contributed by atoms with Crippen molar-refractivity contribution >= 4 is 5.97 Å². The molecule has 1 aromatic heterocycles. The van der Waals surface area contributed by atoms with Gasteiger partial charge >= 0.3 is 5.97 Å². The van der Waals surface area contributed by atoms with Gasteiger partial charge in [0.25, 0.3) is 0 Å². The predicted molar refractivity (Wildman–Crippen MR) is 66.0 cm³/mol. The molecule has 0 fully saturated rings. The summed E-state index contributed by atoms with van der Waals surface area (Å²) in [7, 11) is 0. The molecule has 6 nitrogen and oxygen atoms in total. The summed E-state index contributed by atoms with van der Waals surface area (Å²) in [5.74, 6) is 0.246. The van der Waals surface area contributed by atoms with Gasteiger partial charge in [-0.25, -0.2) is 0 Å². The lowest BCUT2D eigenvalue weighted by Gasteiger charge is -2.07. The molecular weight excluding hydrogens is 246 g/mol. The number of carbonyl (C=O) groups is 1. The van der Waals surface area contributed by atoms with Gasteiger partial charge in [0.05, 0.1) is 25.3 Å². The maximum absolute atomic E-state index is 10.6. The number of rotatable bonds is 4. The molecule has 0 saturated carbocycles. The first-order valence-corrected chi connectivity index (χ1v) is 6.05. The van der Waals surface area contributed by atoms with E-state index in [1.165, 1.54) is 0 Å². The van der Waals surface area contributed by atoms with Crippen molar-refractivity contribution in [2.75, 3.05) is 6.61 Å². The maximum atomic E-state index is 10.6. The van der Waals surface area contributed by atoms with E-state index in [1.807, 2.05) is 24.3 Å². The Morgan fingerprint density at radius 3 is 3.16 bits per heavy atom. The number of ether oxygens (including phenoxy) is 1. The van der Waals surface area contributed by atoms with E-state index in [2.05, 4.69) is 10.3 Å². The van der Waals surface area contributed by atoms with Crippen molar-refractivity contribution in [2.24, 2.45) is 0 Å². The monoisotopic (exact) mass is 259 g/mol. The Morgan fingerprint density at radius 1 is 1.47 bits per heavy atom. The summed E-state index contributed by atoms with van der Waals surface area (Å²) < 4.78 is 7.27. The largest absolute Gasteiger partial charge is 0.493 e. The molecule has 6 heteroatoms. The second kappa shape index (κ2) is 4.72. The zero-order chi connectivity index (χ0) is 13.2. The number of hydrogen-bond donors (Lipinski definition) is 1. The molecule has 98 valence electrons. The van der Waals surface area contributed by atoms with Gasteiger partial charge in [0, 0.05) is 17.7 Å². The summed E-state index contributed by atoms with van der Waals surface area (Å²) in [4.78, 5) is 10.6. The molecule has 1 unspecified atom stereocenters. The maximum Gasteiger partial charge on any atom is 0.309 e. The number of carboxylic acid groups (broad SMARTS) is 1. The summed E-state index contributed by atoms with van der Waals surface area (Å²) >= 11 is 0. The summed E-state index contributed by atoms with van der Waals surface area (Å²) in [6.07, 6.45) is 1.58. The molecule has 0 aliphatic carbocycles. The van der Waals surface area contributed by atoms with Crippen LogP contribution in [0.15, 0.2) is 30.5 Å². The number of benzene rings is 1. The van der Waals surface area contributed by atoms with E-state index in [4.69, 9.17) is 9.84 Å². The average Bonchev–Trinajstić information content (AvgIpc) is 2.97. The summed E-state index contributed by atoms with van der Waals surface area (Å²) in [6.45, 7) is 1.26. The predicted octanol–water partition coefficient (Wildman–Crippen LogP) is 1.08. The first kappa shape index (κ1) is 11.7.